The number of benzene rings is 1. The molecule has 0 radical (unpaired) electrons. The number of anilines is 1. The van der Waals surface area contributed by atoms with Crippen LogP contribution in [0.4, 0.5) is 5.69 Å². The molecule has 2 N–H and O–H groups in total. The van der Waals surface area contributed by atoms with Gasteiger partial charge in [0.15, 0.2) is 5.41 Å². The Bertz CT molecular complexity index is 954. The molecular weight excluding hydrogens is 278 g/mol. The van der Waals surface area contributed by atoms with E-state index in [0.717, 1.165) is 16.6 Å². The van der Waals surface area contributed by atoms with Crippen LogP contribution in [0, 0.1) is 11.3 Å². The van der Waals surface area contributed by atoms with Crippen LogP contribution >= 0.6 is 0 Å². The van der Waals surface area contributed by atoms with Crippen molar-refractivity contribution in [3.05, 3.63) is 42.2 Å². The first-order chi connectivity index (χ1) is 10.6. The zero-order valence-electron chi connectivity index (χ0n) is 11.7. The van der Waals surface area contributed by atoms with Gasteiger partial charge in [-0.25, -0.2) is 4.98 Å². The van der Waals surface area contributed by atoms with Crippen molar-refractivity contribution in [2.24, 2.45) is 0 Å². The Hall–Kier alpha value is -3.20. The van der Waals surface area contributed by atoms with Gasteiger partial charge in [0.1, 0.15) is 5.82 Å². The van der Waals surface area contributed by atoms with E-state index in [9.17, 15) is 10.1 Å². The van der Waals surface area contributed by atoms with Gasteiger partial charge in [-0.2, -0.15) is 5.26 Å². The summed E-state index contributed by atoms with van der Waals surface area (Å²) in [6, 6.07) is 9.46. The number of amides is 1. The van der Waals surface area contributed by atoms with Crippen LogP contribution in [0.2, 0.25) is 0 Å². The number of nitrogens with zero attached hydrogens (tertiary/aromatic N) is 3. The lowest BCUT2D eigenvalue weighted by molar-refractivity contribution is -0.118. The number of carbonyl (C=O) groups is 1. The van der Waals surface area contributed by atoms with Gasteiger partial charge in [-0.1, -0.05) is 0 Å². The topological polar surface area (TPSA) is 94.5 Å². The minimum absolute atomic E-state index is 0.301. The molecule has 0 bridgehead atoms. The molecule has 3 heterocycles. The van der Waals surface area contributed by atoms with Crippen LogP contribution in [-0.2, 0) is 10.2 Å². The second-order valence-corrected chi connectivity index (χ2v) is 5.43. The summed E-state index contributed by atoms with van der Waals surface area (Å²) in [4.78, 5) is 23.8. The predicted molar refractivity (Wildman–Crippen MR) is 80.9 cm³/mol. The normalized spacial score (nSPS) is 19.7. The van der Waals surface area contributed by atoms with Crippen molar-refractivity contribution in [2.75, 3.05) is 5.32 Å². The van der Waals surface area contributed by atoms with Gasteiger partial charge in [0.2, 0.25) is 5.91 Å². The quantitative estimate of drug-likeness (QED) is 0.719. The fourth-order valence-corrected chi connectivity index (χ4v) is 2.69. The molecule has 0 fully saturated rings. The third-order valence-electron chi connectivity index (χ3n) is 4.02. The SMILES string of the molecule is CC1(C#N)C(=O)Nc2cc3[nH]c(-c4cccnc4)nc3cc21. The van der Waals surface area contributed by atoms with E-state index in [4.69, 9.17) is 0 Å². The zero-order valence-corrected chi connectivity index (χ0v) is 11.7. The van der Waals surface area contributed by atoms with E-state index in [1.165, 1.54) is 0 Å². The summed E-state index contributed by atoms with van der Waals surface area (Å²) >= 11 is 0. The summed E-state index contributed by atoms with van der Waals surface area (Å²) in [6.45, 7) is 1.62. The maximum absolute atomic E-state index is 12.0. The smallest absolute Gasteiger partial charge is 0.249 e. The van der Waals surface area contributed by atoms with E-state index >= 15 is 0 Å². The molecule has 22 heavy (non-hydrogen) atoms. The maximum Gasteiger partial charge on any atom is 0.249 e. The van der Waals surface area contributed by atoms with Crippen molar-refractivity contribution >= 4 is 22.6 Å². The number of H-pyrrole nitrogens is 1. The summed E-state index contributed by atoms with van der Waals surface area (Å²) in [5.74, 6) is 0.405. The standard InChI is InChI=1S/C16H11N5O/c1-16(8-17)10-5-12-13(6-11(10)21-15(16)22)20-14(19-12)9-3-2-4-18-7-9/h2-7H,1H3,(H,19,20)(H,21,22). The molecule has 6 heteroatoms. The van der Waals surface area contributed by atoms with Gasteiger partial charge in [0, 0.05) is 29.2 Å². The Morgan fingerprint density at radius 3 is 2.95 bits per heavy atom. The van der Waals surface area contributed by atoms with E-state index in [1.807, 2.05) is 18.2 Å². The zero-order chi connectivity index (χ0) is 15.3. The molecule has 1 unspecified atom stereocenters. The summed E-state index contributed by atoms with van der Waals surface area (Å²) in [5, 5.41) is 12.1. The highest BCUT2D eigenvalue weighted by atomic mass is 16.2. The molecule has 1 aromatic carbocycles. The lowest BCUT2D eigenvalue weighted by Crippen LogP contribution is -2.28. The molecule has 0 spiro atoms. The monoisotopic (exact) mass is 289 g/mol. The Kier molecular flexibility index (Phi) is 2.36. The van der Waals surface area contributed by atoms with Gasteiger partial charge in [0.25, 0.3) is 0 Å². The number of pyridine rings is 1. The molecule has 1 aliphatic heterocycles. The number of nitriles is 1. The number of aromatic nitrogens is 3. The van der Waals surface area contributed by atoms with Crippen molar-refractivity contribution in [2.45, 2.75) is 12.3 Å². The molecular formula is C16H11N5O. The third kappa shape index (κ3) is 1.56. The molecule has 6 nitrogen and oxygen atoms in total. The Balaban J connectivity index is 1.92. The van der Waals surface area contributed by atoms with Crippen molar-refractivity contribution in [3.63, 3.8) is 0 Å². The molecule has 1 aliphatic rings. The molecule has 4 rings (SSSR count). The average Bonchev–Trinajstić information content (AvgIpc) is 3.06. The van der Waals surface area contributed by atoms with Crippen LogP contribution in [0.1, 0.15) is 12.5 Å². The summed E-state index contributed by atoms with van der Waals surface area (Å²) in [6.07, 6.45) is 3.43. The van der Waals surface area contributed by atoms with Crippen LogP contribution in [0.3, 0.4) is 0 Å². The second kappa shape index (κ2) is 4.15. The second-order valence-electron chi connectivity index (χ2n) is 5.43. The Morgan fingerprint density at radius 1 is 1.36 bits per heavy atom. The Morgan fingerprint density at radius 2 is 2.23 bits per heavy atom. The van der Waals surface area contributed by atoms with Crippen molar-refractivity contribution in [3.8, 4) is 17.5 Å². The minimum atomic E-state index is -1.17. The minimum Gasteiger partial charge on any atom is -0.338 e. The van der Waals surface area contributed by atoms with Crippen molar-refractivity contribution in [1.29, 1.82) is 5.26 Å². The van der Waals surface area contributed by atoms with Gasteiger partial charge < -0.3 is 10.3 Å². The molecule has 3 aromatic rings. The average molecular weight is 289 g/mol. The van der Waals surface area contributed by atoms with E-state index in [-0.39, 0.29) is 5.91 Å². The number of hydrogen-bond donors (Lipinski definition) is 2. The van der Waals surface area contributed by atoms with Gasteiger partial charge in [0.05, 0.1) is 17.1 Å². The van der Waals surface area contributed by atoms with Crippen LogP contribution in [-0.4, -0.2) is 20.9 Å². The van der Waals surface area contributed by atoms with Gasteiger partial charge in [-0.05, 0) is 31.2 Å². The van der Waals surface area contributed by atoms with Crippen LogP contribution in [0.5, 0.6) is 0 Å². The highest BCUT2D eigenvalue weighted by molar-refractivity contribution is 6.09. The summed E-state index contributed by atoms with van der Waals surface area (Å²) in [7, 11) is 0. The first-order valence-electron chi connectivity index (χ1n) is 6.79. The number of carbonyl (C=O) groups excluding carboxylic acids is 1. The van der Waals surface area contributed by atoms with Crippen LogP contribution in [0.15, 0.2) is 36.7 Å². The highest BCUT2D eigenvalue weighted by Crippen LogP contribution is 2.39. The first-order valence-corrected chi connectivity index (χ1v) is 6.79. The number of imidazole rings is 1. The molecule has 0 saturated heterocycles. The molecule has 1 amide bonds. The molecule has 0 aliphatic carbocycles. The highest BCUT2D eigenvalue weighted by Gasteiger charge is 2.43. The van der Waals surface area contributed by atoms with Crippen molar-refractivity contribution < 1.29 is 4.79 Å². The molecule has 2 aromatic heterocycles. The van der Waals surface area contributed by atoms with E-state index in [1.54, 1.807) is 25.4 Å². The van der Waals surface area contributed by atoms with E-state index in [2.05, 4.69) is 26.3 Å². The number of nitrogens with one attached hydrogen (secondary N) is 2. The number of hydrogen-bond acceptors (Lipinski definition) is 4. The van der Waals surface area contributed by atoms with E-state index in [0.29, 0.717) is 17.1 Å². The summed E-state index contributed by atoms with van der Waals surface area (Å²) < 4.78 is 0. The number of aromatic amines is 1. The molecule has 1 atom stereocenters. The van der Waals surface area contributed by atoms with Crippen LogP contribution < -0.4 is 5.32 Å². The first kappa shape index (κ1) is 12.5. The molecule has 106 valence electrons. The van der Waals surface area contributed by atoms with Crippen molar-refractivity contribution in [1.82, 2.24) is 15.0 Å². The lowest BCUT2D eigenvalue weighted by Gasteiger charge is -2.10. The van der Waals surface area contributed by atoms with Crippen LogP contribution in [0.25, 0.3) is 22.4 Å². The summed E-state index contributed by atoms with van der Waals surface area (Å²) in [5.41, 5.74) is 2.55. The lowest BCUT2D eigenvalue weighted by atomic mass is 9.85. The fourth-order valence-electron chi connectivity index (χ4n) is 2.69. The Labute approximate surface area is 125 Å². The largest absolute Gasteiger partial charge is 0.338 e. The number of fused-ring (bicyclic) bond motifs is 2. The van der Waals surface area contributed by atoms with Gasteiger partial charge in [-0.3, -0.25) is 9.78 Å². The predicted octanol–water partition coefficient (Wildman–Crippen LogP) is 2.36. The van der Waals surface area contributed by atoms with E-state index < -0.39 is 5.41 Å². The molecule has 0 saturated carbocycles. The fraction of sp³-hybridized carbons (Fsp3) is 0.125. The van der Waals surface area contributed by atoms with Gasteiger partial charge in [-0.15, -0.1) is 0 Å². The number of rotatable bonds is 1. The van der Waals surface area contributed by atoms with Gasteiger partial charge >= 0.3 is 0 Å². The maximum atomic E-state index is 12.0. The third-order valence-corrected chi connectivity index (χ3v) is 4.02.